The van der Waals surface area contributed by atoms with Crippen molar-refractivity contribution in [2.45, 2.75) is 6.92 Å². The van der Waals surface area contributed by atoms with Crippen LogP contribution >= 0.6 is 0 Å². The van der Waals surface area contributed by atoms with Crippen LogP contribution in [0.1, 0.15) is 12.5 Å². The predicted molar refractivity (Wildman–Crippen MR) is 53.6 cm³/mol. The minimum absolute atomic E-state index is 0.622. The number of pyridine rings is 1. The number of ether oxygens (including phenoxy) is 1. The average molecular weight is 189 g/mol. The molecule has 0 unspecified atom stereocenters. The van der Waals surface area contributed by atoms with Gasteiger partial charge in [0.25, 0.3) is 0 Å². The van der Waals surface area contributed by atoms with Crippen LogP contribution < -0.4 is 0 Å². The highest BCUT2D eigenvalue weighted by Gasteiger charge is 2.01. The third-order valence-corrected chi connectivity index (χ3v) is 1.94. The second kappa shape index (κ2) is 3.49. The van der Waals surface area contributed by atoms with Gasteiger partial charge in [-0.3, -0.25) is 4.40 Å². The topological polar surface area (TPSA) is 39.4 Å². The maximum atomic E-state index is 5.30. The number of hydrogen-bond acceptors (Lipinski definition) is 3. The molecule has 2 heterocycles. The highest BCUT2D eigenvalue weighted by atomic mass is 16.5. The van der Waals surface area contributed by atoms with Gasteiger partial charge in [0.1, 0.15) is 12.1 Å². The summed E-state index contributed by atoms with van der Waals surface area (Å²) in [4.78, 5) is 0. The van der Waals surface area contributed by atoms with Gasteiger partial charge in [-0.1, -0.05) is 6.58 Å². The van der Waals surface area contributed by atoms with Gasteiger partial charge in [-0.2, -0.15) is 0 Å². The largest absolute Gasteiger partial charge is 0.494 e. The number of nitrogens with zero attached hydrogens (tertiary/aromatic N) is 3. The first-order valence-electron chi connectivity index (χ1n) is 4.42. The molecule has 2 rings (SSSR count). The smallest absolute Gasteiger partial charge is 0.161 e. The van der Waals surface area contributed by atoms with Crippen LogP contribution in [0.15, 0.2) is 31.2 Å². The Bertz CT molecular complexity index is 461. The predicted octanol–water partition coefficient (Wildman–Crippen LogP) is 1.74. The zero-order valence-corrected chi connectivity index (χ0v) is 7.97. The normalized spacial score (nSPS) is 10.4. The molecule has 0 amide bonds. The van der Waals surface area contributed by atoms with E-state index in [1.54, 1.807) is 6.33 Å². The van der Waals surface area contributed by atoms with E-state index in [0.717, 1.165) is 11.2 Å². The molecule has 0 atom stereocenters. The third kappa shape index (κ3) is 1.46. The zero-order valence-electron chi connectivity index (χ0n) is 7.97. The lowest BCUT2D eigenvalue weighted by molar-refractivity contribution is 0.299. The first-order chi connectivity index (χ1) is 6.81. The Morgan fingerprint density at radius 1 is 1.64 bits per heavy atom. The Morgan fingerprint density at radius 3 is 3.29 bits per heavy atom. The van der Waals surface area contributed by atoms with Gasteiger partial charge in [0.15, 0.2) is 5.65 Å². The summed E-state index contributed by atoms with van der Waals surface area (Å²) in [6, 6.07) is 3.82. The van der Waals surface area contributed by atoms with Crippen molar-refractivity contribution in [2.24, 2.45) is 0 Å². The Balaban J connectivity index is 2.38. The van der Waals surface area contributed by atoms with E-state index in [4.69, 9.17) is 4.74 Å². The highest BCUT2D eigenvalue weighted by Crippen LogP contribution is 2.14. The lowest BCUT2D eigenvalue weighted by Gasteiger charge is -2.06. The average Bonchev–Trinajstić information content (AvgIpc) is 2.64. The maximum Gasteiger partial charge on any atom is 0.161 e. The van der Waals surface area contributed by atoms with Gasteiger partial charge in [-0.25, -0.2) is 0 Å². The molecule has 4 heteroatoms. The summed E-state index contributed by atoms with van der Waals surface area (Å²) < 4.78 is 7.14. The van der Waals surface area contributed by atoms with Gasteiger partial charge in [0, 0.05) is 11.8 Å². The molecule has 2 aromatic rings. The van der Waals surface area contributed by atoms with Crippen LogP contribution in [0.3, 0.4) is 0 Å². The van der Waals surface area contributed by atoms with Gasteiger partial charge in [-0.15, -0.1) is 10.2 Å². The van der Waals surface area contributed by atoms with Crippen molar-refractivity contribution in [2.75, 3.05) is 6.61 Å². The van der Waals surface area contributed by atoms with E-state index in [2.05, 4.69) is 16.8 Å². The Labute approximate surface area is 81.8 Å². The molecular weight excluding hydrogens is 178 g/mol. The number of aromatic nitrogens is 3. The fraction of sp³-hybridized carbons (Fsp3) is 0.200. The minimum Gasteiger partial charge on any atom is -0.494 e. The van der Waals surface area contributed by atoms with Crippen molar-refractivity contribution < 1.29 is 4.74 Å². The van der Waals surface area contributed by atoms with E-state index >= 15 is 0 Å². The van der Waals surface area contributed by atoms with Crippen molar-refractivity contribution in [1.29, 1.82) is 0 Å². The second-order valence-corrected chi connectivity index (χ2v) is 2.87. The molecule has 0 bridgehead atoms. The third-order valence-electron chi connectivity index (χ3n) is 1.94. The van der Waals surface area contributed by atoms with Gasteiger partial charge >= 0.3 is 0 Å². The summed E-state index contributed by atoms with van der Waals surface area (Å²) in [5.74, 6) is 0.665. The molecule has 0 N–H and O–H groups in total. The first kappa shape index (κ1) is 8.74. The van der Waals surface area contributed by atoms with Crippen molar-refractivity contribution in [1.82, 2.24) is 14.6 Å². The molecule has 14 heavy (non-hydrogen) atoms. The molecule has 0 aliphatic carbocycles. The van der Waals surface area contributed by atoms with Crippen LogP contribution in [0.2, 0.25) is 0 Å². The van der Waals surface area contributed by atoms with E-state index in [1.165, 1.54) is 0 Å². The molecule has 0 saturated carbocycles. The van der Waals surface area contributed by atoms with Crippen molar-refractivity contribution in [3.8, 4) is 0 Å². The zero-order chi connectivity index (χ0) is 9.97. The van der Waals surface area contributed by atoms with Crippen LogP contribution in [0, 0.1) is 0 Å². The van der Waals surface area contributed by atoms with Crippen LogP contribution in [0.5, 0.6) is 0 Å². The Morgan fingerprint density at radius 2 is 2.50 bits per heavy atom. The Kier molecular flexibility index (Phi) is 2.18. The van der Waals surface area contributed by atoms with Crippen LogP contribution in [-0.4, -0.2) is 21.2 Å². The second-order valence-electron chi connectivity index (χ2n) is 2.87. The lowest BCUT2D eigenvalue weighted by atomic mass is 10.2. The summed E-state index contributed by atoms with van der Waals surface area (Å²) in [6.45, 7) is 6.38. The number of fused-ring (bicyclic) bond motifs is 1. The van der Waals surface area contributed by atoms with E-state index in [1.807, 2.05) is 29.7 Å². The van der Waals surface area contributed by atoms with Crippen LogP contribution in [-0.2, 0) is 4.74 Å². The molecule has 0 saturated heterocycles. The molecule has 0 aromatic carbocycles. The van der Waals surface area contributed by atoms with E-state index in [0.29, 0.717) is 12.4 Å². The quantitative estimate of drug-likeness (QED) is 0.690. The standard InChI is InChI=1S/C10H11N3O/c1-3-14-8(2)9-4-5-13-7-11-12-10(13)6-9/h4-7H,2-3H2,1H3. The van der Waals surface area contributed by atoms with Gasteiger partial charge in [0.2, 0.25) is 0 Å². The molecule has 0 fully saturated rings. The van der Waals surface area contributed by atoms with Crippen molar-refractivity contribution in [3.05, 3.63) is 36.8 Å². The maximum absolute atomic E-state index is 5.30. The summed E-state index contributed by atoms with van der Waals surface area (Å²) >= 11 is 0. The minimum atomic E-state index is 0.622. The van der Waals surface area contributed by atoms with Crippen molar-refractivity contribution >= 4 is 11.4 Å². The Hall–Kier alpha value is -1.84. The SMILES string of the molecule is C=C(OCC)c1ccn2cnnc2c1. The first-order valence-corrected chi connectivity index (χ1v) is 4.42. The molecule has 0 aliphatic rings. The molecule has 2 aromatic heterocycles. The molecule has 0 aliphatic heterocycles. The van der Waals surface area contributed by atoms with Crippen LogP contribution in [0.4, 0.5) is 0 Å². The summed E-state index contributed by atoms with van der Waals surface area (Å²) in [6.07, 6.45) is 3.54. The van der Waals surface area contributed by atoms with Gasteiger partial charge < -0.3 is 4.74 Å². The number of hydrogen-bond donors (Lipinski definition) is 0. The van der Waals surface area contributed by atoms with Gasteiger partial charge in [0.05, 0.1) is 6.61 Å². The highest BCUT2D eigenvalue weighted by molar-refractivity contribution is 5.61. The monoisotopic (exact) mass is 189 g/mol. The molecule has 72 valence electrons. The number of rotatable bonds is 3. The van der Waals surface area contributed by atoms with E-state index in [9.17, 15) is 0 Å². The molecule has 4 nitrogen and oxygen atoms in total. The molecular formula is C10H11N3O. The molecule has 0 radical (unpaired) electrons. The lowest BCUT2D eigenvalue weighted by Crippen LogP contribution is -1.91. The van der Waals surface area contributed by atoms with Gasteiger partial charge in [-0.05, 0) is 19.1 Å². The molecule has 0 spiro atoms. The van der Waals surface area contributed by atoms with Crippen molar-refractivity contribution in [3.63, 3.8) is 0 Å². The van der Waals surface area contributed by atoms with E-state index in [-0.39, 0.29) is 0 Å². The fourth-order valence-electron chi connectivity index (χ4n) is 1.25. The summed E-state index contributed by atoms with van der Waals surface area (Å²) in [5.41, 5.74) is 1.73. The summed E-state index contributed by atoms with van der Waals surface area (Å²) in [7, 11) is 0. The van der Waals surface area contributed by atoms with E-state index < -0.39 is 0 Å². The van der Waals surface area contributed by atoms with Crippen LogP contribution in [0.25, 0.3) is 11.4 Å². The summed E-state index contributed by atoms with van der Waals surface area (Å²) in [5, 5.41) is 7.73. The fourth-order valence-corrected chi connectivity index (χ4v) is 1.25.